The summed E-state index contributed by atoms with van der Waals surface area (Å²) >= 11 is 0. The summed E-state index contributed by atoms with van der Waals surface area (Å²) in [6.45, 7) is 2.16. The molecule has 3 rings (SSSR count). The van der Waals surface area contributed by atoms with Crippen LogP contribution in [0.15, 0.2) is 54.6 Å². The zero-order valence-electron chi connectivity index (χ0n) is 12.5. The predicted octanol–water partition coefficient (Wildman–Crippen LogP) is 3.83. The quantitative estimate of drug-likeness (QED) is 0.718. The number of hydrogen-bond acceptors (Lipinski definition) is 2. The molecular formula is C19H24N2. The fraction of sp³-hybridized carbons (Fsp3) is 0.368. The normalized spacial score (nSPS) is 14.1. The lowest BCUT2D eigenvalue weighted by atomic mass is 10.0. The molecule has 0 radical (unpaired) electrons. The van der Waals surface area contributed by atoms with Gasteiger partial charge in [-0.3, -0.25) is 0 Å². The molecule has 0 heterocycles. The first kappa shape index (κ1) is 14.2. The molecule has 0 unspecified atom stereocenters. The first-order valence-electron chi connectivity index (χ1n) is 8.01. The van der Waals surface area contributed by atoms with Crippen molar-refractivity contribution in [3.8, 4) is 0 Å². The van der Waals surface area contributed by atoms with Gasteiger partial charge in [0.05, 0.1) is 0 Å². The summed E-state index contributed by atoms with van der Waals surface area (Å²) in [4.78, 5) is 0. The third-order valence-corrected chi connectivity index (χ3v) is 3.93. The largest absolute Gasteiger partial charge is 0.385 e. The van der Waals surface area contributed by atoms with E-state index in [1.807, 2.05) is 0 Å². The molecule has 1 aliphatic carbocycles. The molecule has 0 spiro atoms. The Balaban J connectivity index is 1.51. The maximum Gasteiger partial charge on any atom is 0.0376 e. The van der Waals surface area contributed by atoms with Gasteiger partial charge < -0.3 is 10.6 Å². The highest BCUT2D eigenvalue weighted by molar-refractivity contribution is 5.52. The average Bonchev–Trinajstić information content (AvgIpc) is 3.34. The van der Waals surface area contributed by atoms with Crippen molar-refractivity contribution in [2.24, 2.45) is 0 Å². The summed E-state index contributed by atoms with van der Waals surface area (Å²) in [5, 5.41) is 7.14. The molecule has 2 aromatic carbocycles. The van der Waals surface area contributed by atoms with Gasteiger partial charge in [0.25, 0.3) is 0 Å². The fourth-order valence-electron chi connectivity index (χ4n) is 2.57. The van der Waals surface area contributed by atoms with Gasteiger partial charge in [-0.1, -0.05) is 48.5 Å². The fourth-order valence-corrected chi connectivity index (χ4v) is 2.57. The Morgan fingerprint density at radius 3 is 2.43 bits per heavy atom. The molecule has 0 bridgehead atoms. The van der Waals surface area contributed by atoms with E-state index in [9.17, 15) is 0 Å². The zero-order valence-corrected chi connectivity index (χ0v) is 12.5. The third-order valence-electron chi connectivity index (χ3n) is 3.93. The number of benzene rings is 2. The zero-order chi connectivity index (χ0) is 14.3. The average molecular weight is 280 g/mol. The van der Waals surface area contributed by atoms with Crippen LogP contribution in [-0.2, 0) is 6.42 Å². The molecule has 21 heavy (non-hydrogen) atoms. The second-order valence-corrected chi connectivity index (χ2v) is 5.83. The Morgan fingerprint density at radius 1 is 0.857 bits per heavy atom. The van der Waals surface area contributed by atoms with Crippen LogP contribution >= 0.6 is 0 Å². The van der Waals surface area contributed by atoms with Gasteiger partial charge in [0.2, 0.25) is 0 Å². The molecular weight excluding hydrogens is 256 g/mol. The smallest absolute Gasteiger partial charge is 0.0376 e. The number of anilines is 1. The third kappa shape index (κ3) is 4.61. The van der Waals surface area contributed by atoms with Crippen molar-refractivity contribution in [2.45, 2.75) is 31.7 Å². The minimum absolute atomic E-state index is 0.815. The molecule has 2 aromatic rings. The molecule has 2 heteroatoms. The molecule has 0 amide bonds. The first-order chi connectivity index (χ1) is 10.4. The number of para-hydroxylation sites is 1. The molecule has 2 N–H and O–H groups in total. The molecule has 1 saturated carbocycles. The van der Waals surface area contributed by atoms with E-state index >= 15 is 0 Å². The van der Waals surface area contributed by atoms with Gasteiger partial charge in [0.15, 0.2) is 0 Å². The standard InChI is InChI=1S/C19H24N2/c1-2-7-16(8-3-1)15-17-9-4-5-10-19(17)21-14-6-13-20-18-11-12-18/h1-5,7-10,18,20-21H,6,11-15H2. The van der Waals surface area contributed by atoms with Gasteiger partial charge in [0.1, 0.15) is 0 Å². The summed E-state index contributed by atoms with van der Waals surface area (Å²) in [6.07, 6.45) is 4.90. The van der Waals surface area contributed by atoms with Crippen LogP contribution in [0.4, 0.5) is 5.69 Å². The van der Waals surface area contributed by atoms with Gasteiger partial charge in [-0.25, -0.2) is 0 Å². The van der Waals surface area contributed by atoms with E-state index in [1.165, 1.54) is 36.1 Å². The maximum atomic E-state index is 3.59. The number of rotatable bonds is 8. The van der Waals surface area contributed by atoms with E-state index in [0.717, 1.165) is 25.6 Å². The van der Waals surface area contributed by atoms with E-state index < -0.39 is 0 Å². The van der Waals surface area contributed by atoms with E-state index in [4.69, 9.17) is 0 Å². The van der Waals surface area contributed by atoms with Crippen LogP contribution in [0.3, 0.4) is 0 Å². The lowest BCUT2D eigenvalue weighted by Crippen LogP contribution is -2.20. The van der Waals surface area contributed by atoms with Crippen molar-refractivity contribution >= 4 is 5.69 Å². The van der Waals surface area contributed by atoms with Crippen molar-refractivity contribution in [1.82, 2.24) is 5.32 Å². The van der Waals surface area contributed by atoms with Gasteiger partial charge in [-0.15, -0.1) is 0 Å². The van der Waals surface area contributed by atoms with Crippen molar-refractivity contribution in [3.63, 3.8) is 0 Å². The van der Waals surface area contributed by atoms with Crippen LogP contribution in [0.2, 0.25) is 0 Å². The van der Waals surface area contributed by atoms with Crippen LogP contribution in [-0.4, -0.2) is 19.1 Å². The van der Waals surface area contributed by atoms with Crippen molar-refractivity contribution in [3.05, 3.63) is 65.7 Å². The van der Waals surface area contributed by atoms with Gasteiger partial charge in [-0.2, -0.15) is 0 Å². The van der Waals surface area contributed by atoms with Crippen LogP contribution in [0.5, 0.6) is 0 Å². The predicted molar refractivity (Wildman–Crippen MR) is 89.8 cm³/mol. The Labute approximate surface area is 127 Å². The highest BCUT2D eigenvalue weighted by Gasteiger charge is 2.19. The Bertz CT molecular complexity index is 547. The van der Waals surface area contributed by atoms with E-state index in [0.29, 0.717) is 0 Å². The van der Waals surface area contributed by atoms with Crippen molar-refractivity contribution in [2.75, 3.05) is 18.4 Å². The summed E-state index contributed by atoms with van der Waals surface area (Å²) in [7, 11) is 0. The monoisotopic (exact) mass is 280 g/mol. The number of nitrogens with one attached hydrogen (secondary N) is 2. The van der Waals surface area contributed by atoms with Gasteiger partial charge >= 0.3 is 0 Å². The SMILES string of the molecule is c1ccc(Cc2ccccc2NCCCNC2CC2)cc1. The summed E-state index contributed by atoms with van der Waals surface area (Å²) in [5.41, 5.74) is 4.01. The minimum Gasteiger partial charge on any atom is -0.385 e. The topological polar surface area (TPSA) is 24.1 Å². The van der Waals surface area contributed by atoms with Crippen LogP contribution in [0.25, 0.3) is 0 Å². The molecule has 1 fully saturated rings. The van der Waals surface area contributed by atoms with Gasteiger partial charge in [-0.05, 0) is 49.4 Å². The van der Waals surface area contributed by atoms with Crippen molar-refractivity contribution in [1.29, 1.82) is 0 Å². The second-order valence-electron chi connectivity index (χ2n) is 5.83. The van der Waals surface area contributed by atoms with Crippen LogP contribution in [0, 0.1) is 0 Å². The minimum atomic E-state index is 0.815. The first-order valence-corrected chi connectivity index (χ1v) is 8.01. The number of hydrogen-bond donors (Lipinski definition) is 2. The molecule has 0 saturated heterocycles. The van der Waals surface area contributed by atoms with E-state index in [2.05, 4.69) is 65.2 Å². The van der Waals surface area contributed by atoms with E-state index in [1.54, 1.807) is 0 Å². The van der Waals surface area contributed by atoms with E-state index in [-0.39, 0.29) is 0 Å². The highest BCUT2D eigenvalue weighted by Crippen LogP contribution is 2.20. The highest BCUT2D eigenvalue weighted by atomic mass is 15.0. The molecule has 2 nitrogen and oxygen atoms in total. The molecule has 0 aliphatic heterocycles. The summed E-state index contributed by atoms with van der Waals surface area (Å²) in [6, 6.07) is 20.1. The molecule has 0 atom stereocenters. The summed E-state index contributed by atoms with van der Waals surface area (Å²) < 4.78 is 0. The van der Waals surface area contributed by atoms with Gasteiger partial charge in [0, 0.05) is 18.3 Å². The Kier molecular flexibility index (Phi) is 4.90. The van der Waals surface area contributed by atoms with Crippen LogP contribution in [0.1, 0.15) is 30.4 Å². The molecule has 0 aromatic heterocycles. The lowest BCUT2D eigenvalue weighted by molar-refractivity contribution is 0.659. The molecule has 110 valence electrons. The maximum absolute atomic E-state index is 3.59. The Hall–Kier alpha value is -1.80. The summed E-state index contributed by atoms with van der Waals surface area (Å²) in [5.74, 6) is 0. The van der Waals surface area contributed by atoms with Crippen molar-refractivity contribution < 1.29 is 0 Å². The second kappa shape index (κ2) is 7.28. The van der Waals surface area contributed by atoms with Crippen LogP contribution < -0.4 is 10.6 Å². The molecule has 1 aliphatic rings. The Morgan fingerprint density at radius 2 is 1.62 bits per heavy atom. The lowest BCUT2D eigenvalue weighted by Gasteiger charge is -2.12.